The maximum atomic E-state index is 14.1. The standard InChI is InChI=1S/C56H68ClN7O7S/c1-38-52(72-37-60-38)43-12-10-39(11-13-43)35-59-54(69)48-34-45(66)36-64(48)55(70)53(56(2,3)4)61-50(68)24-28-63-31-29-62(30-32-63)27-23-49(67)58-26-33-71-46-20-16-42(17-21-46)51(41-14-18-44(65)19-15-41)47(22-25-57)40-8-6-5-7-9-40/h5-21,37,45,48,53,65-66H,22-36H2,1-4H3,(H,58,67)(H,59,69)(H,61,68)/t45?,48?,53-/m1/s1. The van der Waals surface area contributed by atoms with Crippen molar-refractivity contribution >= 4 is 57.7 Å². The first-order valence-electron chi connectivity index (χ1n) is 24.8. The minimum atomic E-state index is -0.899. The normalized spacial score (nSPS) is 17.2. The highest BCUT2D eigenvalue weighted by atomic mass is 35.5. The summed E-state index contributed by atoms with van der Waals surface area (Å²) >= 11 is 7.89. The number of amides is 4. The van der Waals surface area contributed by atoms with Crippen molar-refractivity contribution in [2.75, 3.05) is 64.8 Å². The zero-order chi connectivity index (χ0) is 51.2. The van der Waals surface area contributed by atoms with E-state index in [-0.39, 0.29) is 55.3 Å². The fourth-order valence-electron chi connectivity index (χ4n) is 9.23. The fraction of sp³-hybridized carbons (Fsp3) is 0.411. The molecule has 7 rings (SSSR count). The van der Waals surface area contributed by atoms with Gasteiger partial charge in [-0.25, -0.2) is 4.98 Å². The Bertz CT molecular complexity index is 2610. The van der Waals surface area contributed by atoms with Crippen LogP contribution in [0.5, 0.6) is 11.5 Å². The first kappa shape index (κ1) is 53.7. The van der Waals surface area contributed by atoms with E-state index in [1.807, 2.05) is 112 Å². The highest BCUT2D eigenvalue weighted by Crippen LogP contribution is 2.36. The molecule has 0 radical (unpaired) electrons. The number of aromatic nitrogens is 1. The summed E-state index contributed by atoms with van der Waals surface area (Å²) in [5.41, 5.74) is 9.26. The number of likely N-dealkylation sites (tertiary alicyclic amines) is 1. The predicted octanol–water partition coefficient (Wildman–Crippen LogP) is 7.11. The third kappa shape index (κ3) is 14.8. The maximum absolute atomic E-state index is 14.1. The number of ether oxygens (including phenoxy) is 1. The summed E-state index contributed by atoms with van der Waals surface area (Å²) < 4.78 is 6.00. The van der Waals surface area contributed by atoms with Crippen molar-refractivity contribution in [2.45, 2.75) is 78.1 Å². The molecule has 2 saturated heterocycles. The van der Waals surface area contributed by atoms with Gasteiger partial charge in [0.15, 0.2) is 0 Å². The van der Waals surface area contributed by atoms with Gasteiger partial charge in [-0.05, 0) is 82.0 Å². The van der Waals surface area contributed by atoms with Gasteiger partial charge >= 0.3 is 0 Å². The molecule has 4 aromatic carbocycles. The number of benzene rings is 4. The average molecular weight is 1020 g/mol. The number of aliphatic hydroxyl groups excluding tert-OH is 1. The molecule has 382 valence electrons. The highest BCUT2D eigenvalue weighted by Gasteiger charge is 2.44. The summed E-state index contributed by atoms with van der Waals surface area (Å²) in [7, 11) is 0. The summed E-state index contributed by atoms with van der Waals surface area (Å²) in [4.78, 5) is 65.1. The SMILES string of the molecule is Cc1ncsc1-c1ccc(CNC(=O)C2CC(O)CN2C(=O)[C@@H](NC(=O)CCN2CCN(CCC(=O)NCCOc3ccc(C(=C(CCCl)c4ccccc4)c4ccc(O)cc4)cc3)CC2)C(C)(C)C)cc1. The third-order valence-corrected chi connectivity index (χ3v) is 14.4. The number of allylic oxidation sites excluding steroid dienone is 1. The van der Waals surface area contributed by atoms with E-state index in [0.717, 1.165) is 75.7 Å². The Hall–Kier alpha value is -6.10. The van der Waals surface area contributed by atoms with Crippen molar-refractivity contribution in [3.8, 4) is 21.9 Å². The van der Waals surface area contributed by atoms with Crippen molar-refractivity contribution in [1.82, 2.24) is 35.6 Å². The number of aliphatic hydroxyl groups is 1. The Morgan fingerprint density at radius 2 is 1.43 bits per heavy atom. The van der Waals surface area contributed by atoms with E-state index in [9.17, 15) is 29.4 Å². The summed E-state index contributed by atoms with van der Waals surface area (Å²) in [6.07, 6.45) is 0.477. The summed E-state index contributed by atoms with van der Waals surface area (Å²) in [5.74, 6) is 0.294. The molecule has 16 heteroatoms. The van der Waals surface area contributed by atoms with Crippen molar-refractivity contribution in [3.63, 3.8) is 0 Å². The van der Waals surface area contributed by atoms with E-state index < -0.39 is 23.6 Å². The van der Waals surface area contributed by atoms with E-state index in [2.05, 4.69) is 42.9 Å². The summed E-state index contributed by atoms with van der Waals surface area (Å²) in [5, 5.41) is 29.5. The van der Waals surface area contributed by atoms with E-state index in [0.29, 0.717) is 50.7 Å². The molecule has 0 bridgehead atoms. The number of rotatable bonds is 21. The van der Waals surface area contributed by atoms with E-state index in [1.54, 1.807) is 23.5 Å². The molecular weight excluding hydrogens is 950 g/mol. The van der Waals surface area contributed by atoms with Crippen molar-refractivity contribution in [2.24, 2.45) is 5.41 Å². The zero-order valence-electron chi connectivity index (χ0n) is 41.7. The molecule has 2 aliphatic rings. The number of carbonyl (C=O) groups excluding carboxylic acids is 4. The highest BCUT2D eigenvalue weighted by molar-refractivity contribution is 7.13. The number of aryl methyl sites for hydroxylation is 1. The second-order valence-corrected chi connectivity index (χ2v) is 20.8. The molecule has 72 heavy (non-hydrogen) atoms. The van der Waals surface area contributed by atoms with Gasteiger partial charge in [0.25, 0.3) is 0 Å². The summed E-state index contributed by atoms with van der Waals surface area (Å²) in [6, 6.07) is 31.4. The molecule has 4 amide bonds. The lowest BCUT2D eigenvalue weighted by Gasteiger charge is -2.36. The molecular formula is C56H68ClN7O7S. The van der Waals surface area contributed by atoms with Crippen LogP contribution in [0.1, 0.15) is 74.4 Å². The average Bonchev–Trinajstić information content (AvgIpc) is 4.00. The Morgan fingerprint density at radius 1 is 0.806 bits per heavy atom. The minimum absolute atomic E-state index is 0.00926. The number of alkyl halides is 1. The van der Waals surface area contributed by atoms with E-state index >= 15 is 0 Å². The second kappa shape index (κ2) is 25.5. The molecule has 3 heterocycles. The smallest absolute Gasteiger partial charge is 0.246 e. The number of hydrogen-bond donors (Lipinski definition) is 5. The molecule has 2 fully saturated rings. The monoisotopic (exact) mass is 1020 g/mol. The predicted molar refractivity (Wildman–Crippen MR) is 285 cm³/mol. The van der Waals surface area contributed by atoms with E-state index in [1.165, 1.54) is 4.90 Å². The van der Waals surface area contributed by atoms with Crippen LogP contribution in [-0.4, -0.2) is 137 Å². The topological polar surface area (TPSA) is 177 Å². The number of halogens is 1. The van der Waals surface area contributed by atoms with Gasteiger partial charge in [0.05, 0.1) is 28.7 Å². The lowest BCUT2D eigenvalue weighted by molar-refractivity contribution is -0.144. The third-order valence-electron chi connectivity index (χ3n) is 13.2. The number of hydrogen-bond acceptors (Lipinski definition) is 11. The lowest BCUT2D eigenvalue weighted by Crippen LogP contribution is -2.58. The van der Waals surface area contributed by atoms with Gasteiger partial charge in [-0.1, -0.05) is 99.6 Å². The maximum Gasteiger partial charge on any atom is 0.246 e. The minimum Gasteiger partial charge on any atom is -0.508 e. The molecule has 2 unspecified atom stereocenters. The molecule has 2 aliphatic heterocycles. The largest absolute Gasteiger partial charge is 0.508 e. The molecule has 5 N–H and O–H groups in total. The van der Waals surface area contributed by atoms with E-state index in [4.69, 9.17) is 16.3 Å². The number of β-amino-alcohol motifs (C(OH)–C–C–N with tert-alkyl or cyclic N) is 1. The van der Waals surface area contributed by atoms with Gasteiger partial charge in [0, 0.05) is 77.5 Å². The number of aromatic hydroxyl groups is 1. The van der Waals surface area contributed by atoms with Gasteiger partial charge in [-0.3, -0.25) is 19.2 Å². The number of nitrogens with one attached hydrogen (secondary N) is 3. The molecule has 14 nitrogen and oxygen atoms in total. The Kier molecular flexibility index (Phi) is 19.0. The van der Waals surface area contributed by atoms with Crippen LogP contribution in [0.4, 0.5) is 0 Å². The quantitative estimate of drug-likeness (QED) is 0.0289. The lowest BCUT2D eigenvalue weighted by atomic mass is 9.85. The number of phenols is 1. The van der Waals surface area contributed by atoms with Crippen LogP contribution >= 0.6 is 22.9 Å². The molecule has 5 aromatic rings. The number of carbonyl (C=O) groups is 4. The van der Waals surface area contributed by atoms with Crippen molar-refractivity contribution in [1.29, 1.82) is 0 Å². The Labute approximate surface area is 432 Å². The molecule has 0 aliphatic carbocycles. The molecule has 3 atom stereocenters. The number of nitrogens with zero attached hydrogens (tertiary/aromatic N) is 4. The zero-order valence-corrected chi connectivity index (χ0v) is 43.3. The van der Waals surface area contributed by atoms with Crippen LogP contribution in [0.3, 0.4) is 0 Å². The van der Waals surface area contributed by atoms with Crippen molar-refractivity contribution < 1.29 is 34.1 Å². The van der Waals surface area contributed by atoms with Gasteiger partial charge in [0.1, 0.15) is 30.2 Å². The van der Waals surface area contributed by atoms with Crippen LogP contribution in [0.2, 0.25) is 0 Å². The first-order chi connectivity index (χ1) is 34.7. The van der Waals surface area contributed by atoms with Crippen LogP contribution in [0.15, 0.2) is 109 Å². The molecule has 1 aromatic heterocycles. The second-order valence-electron chi connectivity index (χ2n) is 19.6. The number of piperazine rings is 1. The van der Waals surface area contributed by atoms with Gasteiger partial charge in [-0.2, -0.15) is 0 Å². The van der Waals surface area contributed by atoms with Crippen LogP contribution in [-0.2, 0) is 25.7 Å². The van der Waals surface area contributed by atoms with Crippen LogP contribution < -0.4 is 20.7 Å². The first-order valence-corrected chi connectivity index (χ1v) is 26.2. The van der Waals surface area contributed by atoms with Gasteiger partial charge in [0.2, 0.25) is 23.6 Å². The number of thiazole rings is 1. The number of phenolic OH excluding ortho intramolecular Hbond substituents is 1. The van der Waals surface area contributed by atoms with Crippen LogP contribution in [0, 0.1) is 12.3 Å². The van der Waals surface area contributed by atoms with Crippen LogP contribution in [0.25, 0.3) is 21.6 Å². The van der Waals surface area contributed by atoms with Crippen molar-refractivity contribution in [3.05, 3.63) is 137 Å². The molecule has 0 spiro atoms. The van der Waals surface area contributed by atoms with Gasteiger partial charge < -0.3 is 45.6 Å². The Balaban J connectivity index is 0.806. The Morgan fingerprint density at radius 3 is 2.03 bits per heavy atom. The summed E-state index contributed by atoms with van der Waals surface area (Å²) in [6.45, 7) is 12.7. The fourth-order valence-corrected chi connectivity index (χ4v) is 10.2. The molecule has 0 saturated carbocycles. The van der Waals surface area contributed by atoms with Gasteiger partial charge in [-0.15, -0.1) is 22.9 Å².